The molecule has 4 saturated carbocycles. The van der Waals surface area contributed by atoms with Gasteiger partial charge < -0.3 is 10.4 Å². The molecule has 0 saturated heterocycles. The lowest BCUT2D eigenvalue weighted by molar-refractivity contribution is -0.164. The molecule has 190 valence electrons. The lowest BCUT2D eigenvalue weighted by Crippen LogP contribution is -2.57. The molecule has 0 aromatic carbocycles. The van der Waals surface area contributed by atoms with Crippen LogP contribution in [-0.4, -0.2) is 42.4 Å². The van der Waals surface area contributed by atoms with Crippen molar-refractivity contribution in [2.24, 2.45) is 46.3 Å². The van der Waals surface area contributed by atoms with E-state index in [0.29, 0.717) is 47.3 Å². The first-order valence-corrected chi connectivity index (χ1v) is 15.0. The summed E-state index contributed by atoms with van der Waals surface area (Å²) in [4.78, 5) is 12.2. The molecule has 33 heavy (non-hydrogen) atoms. The smallest absolute Gasteiger partial charge is 0.266 e. The number of nitrogens with one attached hydrogen (secondary N) is 1. The average Bonchev–Trinajstić information content (AvgIpc) is 3.08. The van der Waals surface area contributed by atoms with E-state index in [2.05, 4.69) is 26.1 Å². The van der Waals surface area contributed by atoms with Gasteiger partial charge in [-0.25, -0.2) is 0 Å². The monoisotopic (exact) mass is 483 g/mol. The molecule has 4 fully saturated rings. The summed E-state index contributed by atoms with van der Waals surface area (Å²) in [5.41, 5.74) is 0.647. The number of carbonyl (C=O) groups is 1. The standard InChI is InChI=1S/C26H45NO5S/c1-17(7-10-23(29)27-14-15-33(30,31)32)19-8-9-20-24-21(11-13-26(19,20)3)25(2)12-5-4-6-18(25)16-22(24)28/h17-22,24,28H,4-16H2,1-3H3,(H,27,29)(H,30,31,32)/t17-,18+,19-,20?,21?,22+,24+,25+,26-/m1/s1. The molecule has 6 nitrogen and oxygen atoms in total. The summed E-state index contributed by atoms with van der Waals surface area (Å²) in [7, 11) is -4.05. The second-order valence-electron chi connectivity index (χ2n) is 12.4. The summed E-state index contributed by atoms with van der Waals surface area (Å²) in [6.07, 6.45) is 12.2. The zero-order valence-corrected chi connectivity index (χ0v) is 21.6. The van der Waals surface area contributed by atoms with Crippen LogP contribution in [0.5, 0.6) is 0 Å². The van der Waals surface area contributed by atoms with Crippen LogP contribution in [0, 0.1) is 46.3 Å². The maximum Gasteiger partial charge on any atom is 0.266 e. The Bertz CT molecular complexity index is 831. The first-order valence-electron chi connectivity index (χ1n) is 13.4. The molecule has 4 aliphatic rings. The fourth-order valence-electron chi connectivity index (χ4n) is 9.20. The van der Waals surface area contributed by atoms with Crippen LogP contribution in [-0.2, 0) is 14.9 Å². The Kier molecular flexibility index (Phi) is 7.26. The highest BCUT2D eigenvalue weighted by Crippen LogP contribution is 2.68. The van der Waals surface area contributed by atoms with Gasteiger partial charge in [-0.05, 0) is 97.7 Å². The fourth-order valence-corrected chi connectivity index (χ4v) is 9.56. The first kappa shape index (κ1) is 25.4. The van der Waals surface area contributed by atoms with E-state index in [-0.39, 0.29) is 24.0 Å². The number of aliphatic hydroxyl groups excluding tert-OH is 1. The molecule has 3 N–H and O–H groups in total. The molecule has 7 heteroatoms. The molecule has 0 aromatic heterocycles. The predicted molar refractivity (Wildman–Crippen MR) is 129 cm³/mol. The maximum absolute atomic E-state index is 12.2. The van der Waals surface area contributed by atoms with Gasteiger partial charge in [0, 0.05) is 13.0 Å². The summed E-state index contributed by atoms with van der Waals surface area (Å²) in [5.74, 6) is 2.77. The van der Waals surface area contributed by atoms with Crippen LogP contribution >= 0.6 is 0 Å². The Labute approximate surface area is 200 Å². The highest BCUT2D eigenvalue weighted by Gasteiger charge is 2.62. The minimum absolute atomic E-state index is 0.0457. The van der Waals surface area contributed by atoms with Gasteiger partial charge in [0.25, 0.3) is 10.1 Å². The van der Waals surface area contributed by atoms with E-state index < -0.39 is 15.9 Å². The van der Waals surface area contributed by atoms with Gasteiger partial charge in [-0.1, -0.05) is 33.6 Å². The lowest BCUT2D eigenvalue weighted by atomic mass is 9.44. The third kappa shape index (κ3) is 4.88. The normalized spacial score (nSPS) is 43.8. The third-order valence-corrected chi connectivity index (χ3v) is 11.6. The van der Waals surface area contributed by atoms with E-state index >= 15 is 0 Å². The summed E-state index contributed by atoms with van der Waals surface area (Å²) < 4.78 is 30.5. The van der Waals surface area contributed by atoms with Gasteiger partial charge in [0.1, 0.15) is 0 Å². The zero-order valence-electron chi connectivity index (χ0n) is 20.8. The quantitative estimate of drug-likeness (QED) is 0.465. The van der Waals surface area contributed by atoms with E-state index in [0.717, 1.165) is 12.8 Å². The van der Waals surface area contributed by atoms with Crippen LogP contribution in [0.25, 0.3) is 0 Å². The molecule has 4 rings (SSSR count). The Hall–Kier alpha value is -0.660. The van der Waals surface area contributed by atoms with E-state index in [9.17, 15) is 18.3 Å². The lowest BCUT2D eigenvalue weighted by Gasteiger charge is -2.62. The Balaban J connectivity index is 1.38. The number of hydrogen-bond donors (Lipinski definition) is 3. The second-order valence-corrected chi connectivity index (χ2v) is 14.0. The van der Waals surface area contributed by atoms with Gasteiger partial charge in [-0.2, -0.15) is 8.42 Å². The number of rotatable bonds is 7. The minimum atomic E-state index is -4.05. The molecule has 0 radical (unpaired) electrons. The van der Waals surface area contributed by atoms with Crippen molar-refractivity contribution in [1.29, 1.82) is 0 Å². The van der Waals surface area contributed by atoms with E-state index in [1.807, 2.05) is 0 Å². The number of aliphatic hydroxyl groups is 1. The molecule has 0 aliphatic heterocycles. The summed E-state index contributed by atoms with van der Waals surface area (Å²) in [6.45, 7) is 7.23. The van der Waals surface area contributed by atoms with E-state index in [4.69, 9.17) is 4.55 Å². The van der Waals surface area contributed by atoms with Crippen LogP contribution in [0.1, 0.15) is 91.4 Å². The Morgan fingerprint density at radius 3 is 2.52 bits per heavy atom. The SMILES string of the molecule is C[C@H](CCC(=O)NCCS(=O)(=O)O)[C@H]1CCC2[C@H]3C(CC[C@@]21C)[C@@]1(C)CCCC[C@H]1C[C@@H]3O. The van der Waals surface area contributed by atoms with Crippen molar-refractivity contribution in [2.75, 3.05) is 12.3 Å². The largest absolute Gasteiger partial charge is 0.393 e. The Morgan fingerprint density at radius 2 is 1.79 bits per heavy atom. The van der Waals surface area contributed by atoms with Crippen molar-refractivity contribution in [3.8, 4) is 0 Å². The molecule has 4 aliphatic carbocycles. The van der Waals surface area contributed by atoms with Crippen LogP contribution in [0.15, 0.2) is 0 Å². The van der Waals surface area contributed by atoms with Crippen LogP contribution in [0.4, 0.5) is 0 Å². The fraction of sp³-hybridized carbons (Fsp3) is 0.962. The molecular formula is C26H45NO5S. The zero-order chi connectivity index (χ0) is 24.0. The van der Waals surface area contributed by atoms with Gasteiger partial charge in [0.2, 0.25) is 5.91 Å². The van der Waals surface area contributed by atoms with Crippen molar-refractivity contribution in [1.82, 2.24) is 5.32 Å². The second kappa shape index (κ2) is 9.42. The molecule has 9 atom stereocenters. The number of fused-ring (bicyclic) bond motifs is 5. The molecular weight excluding hydrogens is 438 g/mol. The molecule has 2 unspecified atom stereocenters. The highest BCUT2D eigenvalue weighted by atomic mass is 32.2. The van der Waals surface area contributed by atoms with E-state index in [1.54, 1.807) is 0 Å². The van der Waals surface area contributed by atoms with E-state index in [1.165, 1.54) is 51.4 Å². The van der Waals surface area contributed by atoms with Gasteiger partial charge in [-0.3, -0.25) is 9.35 Å². The van der Waals surface area contributed by atoms with Gasteiger partial charge in [0.05, 0.1) is 11.9 Å². The van der Waals surface area contributed by atoms with Crippen molar-refractivity contribution in [3.05, 3.63) is 0 Å². The van der Waals surface area contributed by atoms with Gasteiger partial charge >= 0.3 is 0 Å². The molecule has 1 amide bonds. The summed E-state index contributed by atoms with van der Waals surface area (Å²) in [5, 5.41) is 14.0. The van der Waals surface area contributed by atoms with Crippen LogP contribution in [0.3, 0.4) is 0 Å². The number of carbonyl (C=O) groups excluding carboxylic acids is 1. The van der Waals surface area contributed by atoms with Crippen LogP contribution < -0.4 is 5.32 Å². The number of amides is 1. The highest BCUT2D eigenvalue weighted by molar-refractivity contribution is 7.85. The van der Waals surface area contributed by atoms with Crippen molar-refractivity contribution in [2.45, 2.75) is 97.5 Å². The Morgan fingerprint density at radius 1 is 1.06 bits per heavy atom. The molecule has 0 bridgehead atoms. The maximum atomic E-state index is 12.2. The van der Waals surface area contributed by atoms with Gasteiger partial charge in [-0.15, -0.1) is 0 Å². The number of hydrogen-bond acceptors (Lipinski definition) is 4. The first-order chi connectivity index (χ1) is 15.5. The molecule has 0 aromatic rings. The predicted octanol–water partition coefficient (Wildman–Crippen LogP) is 4.43. The third-order valence-electron chi connectivity index (χ3n) is 10.9. The van der Waals surface area contributed by atoms with Gasteiger partial charge in [0.15, 0.2) is 0 Å². The minimum Gasteiger partial charge on any atom is -0.393 e. The average molecular weight is 484 g/mol. The summed E-state index contributed by atoms with van der Waals surface area (Å²) in [6, 6.07) is 0. The summed E-state index contributed by atoms with van der Waals surface area (Å²) >= 11 is 0. The van der Waals surface area contributed by atoms with Crippen molar-refractivity contribution >= 4 is 16.0 Å². The van der Waals surface area contributed by atoms with Crippen molar-refractivity contribution < 1.29 is 22.9 Å². The van der Waals surface area contributed by atoms with Crippen molar-refractivity contribution in [3.63, 3.8) is 0 Å². The molecule has 0 spiro atoms. The topological polar surface area (TPSA) is 104 Å². The molecule has 0 heterocycles. The van der Waals surface area contributed by atoms with Crippen LogP contribution in [0.2, 0.25) is 0 Å².